The molecular weight excluding hydrogens is 314 g/mol. The highest BCUT2D eigenvalue weighted by atomic mass is 16.2. The molecule has 134 valence electrons. The Kier molecular flexibility index (Phi) is 5.16. The third-order valence-corrected chi connectivity index (χ3v) is 5.05. The molecule has 0 spiro atoms. The third-order valence-electron chi connectivity index (χ3n) is 5.05. The molecule has 2 heterocycles. The summed E-state index contributed by atoms with van der Waals surface area (Å²) in [6, 6.07) is 8.75. The number of benzene rings is 1. The quantitative estimate of drug-likeness (QED) is 0.856. The Morgan fingerprint density at radius 3 is 2.40 bits per heavy atom. The molecule has 3 rings (SSSR count). The summed E-state index contributed by atoms with van der Waals surface area (Å²) in [5.74, 6) is 1.12. The van der Waals surface area contributed by atoms with Gasteiger partial charge in [0.15, 0.2) is 0 Å². The standard InChI is InChI=1S/C19H27N5O/c1-13(2)16-8-10-17(11-9-16)19-20-22-23(21-19)12-18(25)24-14(3)6-5-7-15(24)4/h8-11,13-15H,5-7,12H2,1-4H3/t14-,15-/m0/s1. The van der Waals surface area contributed by atoms with Crippen molar-refractivity contribution in [2.24, 2.45) is 0 Å². The van der Waals surface area contributed by atoms with E-state index in [1.807, 2.05) is 17.0 Å². The summed E-state index contributed by atoms with van der Waals surface area (Å²) in [6.07, 6.45) is 3.31. The first-order chi connectivity index (χ1) is 12.0. The van der Waals surface area contributed by atoms with Gasteiger partial charge in [0.2, 0.25) is 11.7 Å². The molecule has 1 fully saturated rings. The molecule has 1 amide bonds. The minimum atomic E-state index is 0.0683. The van der Waals surface area contributed by atoms with Crippen molar-refractivity contribution >= 4 is 5.91 Å². The SMILES string of the molecule is CC(C)c1ccc(-c2nnn(CC(=O)N3[C@@H](C)CCC[C@@H]3C)n2)cc1. The molecule has 1 saturated heterocycles. The van der Waals surface area contributed by atoms with Crippen LogP contribution in [0.4, 0.5) is 0 Å². The fourth-order valence-corrected chi connectivity index (χ4v) is 3.56. The lowest BCUT2D eigenvalue weighted by atomic mass is 9.97. The maximum absolute atomic E-state index is 12.7. The smallest absolute Gasteiger partial charge is 0.246 e. The van der Waals surface area contributed by atoms with Gasteiger partial charge in [-0.1, -0.05) is 38.1 Å². The zero-order valence-corrected chi connectivity index (χ0v) is 15.5. The van der Waals surface area contributed by atoms with E-state index in [1.54, 1.807) is 0 Å². The summed E-state index contributed by atoms with van der Waals surface area (Å²) in [5.41, 5.74) is 2.20. The van der Waals surface area contributed by atoms with Crippen LogP contribution < -0.4 is 0 Å². The molecule has 1 aromatic heterocycles. The minimum Gasteiger partial charge on any atom is -0.336 e. The number of piperidine rings is 1. The highest BCUT2D eigenvalue weighted by molar-refractivity contribution is 5.76. The predicted molar refractivity (Wildman–Crippen MR) is 97.0 cm³/mol. The molecule has 1 aliphatic rings. The van der Waals surface area contributed by atoms with Gasteiger partial charge in [-0.3, -0.25) is 4.79 Å². The lowest BCUT2D eigenvalue weighted by Gasteiger charge is -2.38. The number of hydrogen-bond acceptors (Lipinski definition) is 4. The lowest BCUT2D eigenvalue weighted by molar-refractivity contribution is -0.138. The summed E-state index contributed by atoms with van der Waals surface area (Å²) in [6.45, 7) is 8.70. The summed E-state index contributed by atoms with van der Waals surface area (Å²) in [4.78, 5) is 16.0. The third kappa shape index (κ3) is 3.89. The molecule has 0 radical (unpaired) electrons. The average molecular weight is 341 g/mol. The van der Waals surface area contributed by atoms with Gasteiger partial charge in [0.05, 0.1) is 0 Å². The molecular formula is C19H27N5O. The Labute approximate surface area is 149 Å². The van der Waals surface area contributed by atoms with Crippen LogP contribution in [0.5, 0.6) is 0 Å². The monoisotopic (exact) mass is 341 g/mol. The fourth-order valence-electron chi connectivity index (χ4n) is 3.56. The highest BCUT2D eigenvalue weighted by Crippen LogP contribution is 2.23. The highest BCUT2D eigenvalue weighted by Gasteiger charge is 2.29. The Hall–Kier alpha value is -2.24. The topological polar surface area (TPSA) is 63.9 Å². The van der Waals surface area contributed by atoms with E-state index in [0.717, 1.165) is 18.4 Å². The molecule has 6 heteroatoms. The van der Waals surface area contributed by atoms with Crippen LogP contribution in [-0.4, -0.2) is 43.1 Å². The molecule has 0 bridgehead atoms. The van der Waals surface area contributed by atoms with Gasteiger partial charge in [0.1, 0.15) is 6.54 Å². The zero-order chi connectivity index (χ0) is 18.0. The second kappa shape index (κ2) is 7.33. The van der Waals surface area contributed by atoms with Gasteiger partial charge in [-0.15, -0.1) is 10.2 Å². The van der Waals surface area contributed by atoms with E-state index in [4.69, 9.17) is 0 Å². The van der Waals surface area contributed by atoms with Crippen LogP contribution >= 0.6 is 0 Å². The van der Waals surface area contributed by atoms with Crippen LogP contribution in [0.25, 0.3) is 11.4 Å². The van der Waals surface area contributed by atoms with E-state index < -0.39 is 0 Å². The van der Waals surface area contributed by atoms with Crippen LogP contribution in [-0.2, 0) is 11.3 Å². The maximum atomic E-state index is 12.7. The second-order valence-electron chi connectivity index (χ2n) is 7.35. The molecule has 2 aromatic rings. The van der Waals surface area contributed by atoms with E-state index >= 15 is 0 Å². The van der Waals surface area contributed by atoms with Crippen molar-refractivity contribution in [3.8, 4) is 11.4 Å². The van der Waals surface area contributed by atoms with E-state index in [1.165, 1.54) is 16.8 Å². The van der Waals surface area contributed by atoms with Gasteiger partial charge in [-0.25, -0.2) is 0 Å². The van der Waals surface area contributed by atoms with E-state index in [2.05, 4.69) is 55.2 Å². The van der Waals surface area contributed by atoms with Crippen molar-refractivity contribution in [1.82, 2.24) is 25.1 Å². The van der Waals surface area contributed by atoms with Crippen molar-refractivity contribution in [1.29, 1.82) is 0 Å². The van der Waals surface area contributed by atoms with Crippen LogP contribution in [0.3, 0.4) is 0 Å². The number of carbonyl (C=O) groups excluding carboxylic acids is 1. The van der Waals surface area contributed by atoms with Crippen LogP contribution in [0.15, 0.2) is 24.3 Å². The van der Waals surface area contributed by atoms with Crippen LogP contribution in [0, 0.1) is 0 Å². The van der Waals surface area contributed by atoms with Crippen molar-refractivity contribution in [3.05, 3.63) is 29.8 Å². The predicted octanol–water partition coefficient (Wildman–Crippen LogP) is 3.25. The summed E-state index contributed by atoms with van der Waals surface area (Å²) in [5, 5.41) is 12.6. The van der Waals surface area contributed by atoms with E-state index in [-0.39, 0.29) is 24.5 Å². The number of tetrazole rings is 1. The average Bonchev–Trinajstić information content (AvgIpc) is 3.03. The zero-order valence-electron chi connectivity index (χ0n) is 15.5. The van der Waals surface area contributed by atoms with Crippen molar-refractivity contribution in [3.63, 3.8) is 0 Å². The molecule has 6 nitrogen and oxygen atoms in total. The molecule has 0 N–H and O–H groups in total. The second-order valence-corrected chi connectivity index (χ2v) is 7.35. The molecule has 25 heavy (non-hydrogen) atoms. The number of hydrogen-bond donors (Lipinski definition) is 0. The van der Waals surface area contributed by atoms with Gasteiger partial charge in [-0.05, 0) is 49.8 Å². The van der Waals surface area contributed by atoms with Gasteiger partial charge < -0.3 is 4.90 Å². The largest absolute Gasteiger partial charge is 0.336 e. The Morgan fingerprint density at radius 2 is 1.80 bits per heavy atom. The first-order valence-electron chi connectivity index (χ1n) is 9.15. The number of likely N-dealkylation sites (tertiary alicyclic amines) is 1. The number of aromatic nitrogens is 4. The van der Waals surface area contributed by atoms with Gasteiger partial charge in [-0.2, -0.15) is 4.80 Å². The Morgan fingerprint density at radius 1 is 1.16 bits per heavy atom. The molecule has 1 aromatic carbocycles. The number of carbonyl (C=O) groups is 1. The van der Waals surface area contributed by atoms with Gasteiger partial charge >= 0.3 is 0 Å². The van der Waals surface area contributed by atoms with Crippen LogP contribution in [0.1, 0.15) is 58.4 Å². The minimum absolute atomic E-state index is 0.0683. The Balaban J connectivity index is 1.70. The van der Waals surface area contributed by atoms with E-state index in [9.17, 15) is 4.79 Å². The van der Waals surface area contributed by atoms with Gasteiger partial charge in [0.25, 0.3) is 0 Å². The lowest BCUT2D eigenvalue weighted by Crippen LogP contribution is -2.48. The first-order valence-corrected chi connectivity index (χ1v) is 9.15. The maximum Gasteiger partial charge on any atom is 0.246 e. The number of nitrogens with zero attached hydrogens (tertiary/aromatic N) is 5. The molecule has 0 aliphatic carbocycles. The van der Waals surface area contributed by atoms with Gasteiger partial charge in [0, 0.05) is 17.6 Å². The van der Waals surface area contributed by atoms with E-state index in [0.29, 0.717) is 11.7 Å². The number of amides is 1. The van der Waals surface area contributed by atoms with Crippen LogP contribution in [0.2, 0.25) is 0 Å². The van der Waals surface area contributed by atoms with Crippen molar-refractivity contribution in [2.75, 3.05) is 0 Å². The molecule has 0 unspecified atom stereocenters. The normalized spacial score (nSPS) is 20.9. The Bertz CT molecular complexity index is 712. The van der Waals surface area contributed by atoms with Crippen molar-refractivity contribution < 1.29 is 4.79 Å². The summed E-state index contributed by atoms with van der Waals surface area (Å²) < 4.78 is 0. The van der Waals surface area contributed by atoms with Crippen molar-refractivity contribution in [2.45, 2.75) is 71.5 Å². The summed E-state index contributed by atoms with van der Waals surface area (Å²) >= 11 is 0. The molecule has 2 atom stereocenters. The number of rotatable bonds is 4. The first kappa shape index (κ1) is 17.6. The molecule has 1 aliphatic heterocycles. The summed E-state index contributed by atoms with van der Waals surface area (Å²) in [7, 11) is 0. The molecule has 0 saturated carbocycles. The fraction of sp³-hybridized carbons (Fsp3) is 0.579.